The Labute approximate surface area is 200 Å². The first-order valence-corrected chi connectivity index (χ1v) is 11.4. The van der Waals surface area contributed by atoms with E-state index >= 15 is 0 Å². The first-order chi connectivity index (χ1) is 16.6. The van der Waals surface area contributed by atoms with E-state index in [0.29, 0.717) is 5.69 Å². The van der Waals surface area contributed by atoms with E-state index in [1.165, 1.54) is 11.1 Å². The van der Waals surface area contributed by atoms with Crippen LogP contribution in [0.1, 0.15) is 28.0 Å². The molecule has 0 saturated heterocycles. The summed E-state index contributed by atoms with van der Waals surface area (Å²) in [5, 5.41) is 3.99. The smallest absolute Gasteiger partial charge is 0.272 e. The number of aromatic amines is 1. The van der Waals surface area contributed by atoms with Crippen LogP contribution < -0.4 is 14.8 Å². The van der Waals surface area contributed by atoms with Crippen LogP contribution in [0.5, 0.6) is 11.5 Å². The zero-order valence-corrected chi connectivity index (χ0v) is 19.9. The molecule has 1 aromatic heterocycles. The number of carbonyl (C=O) groups excluding carboxylic acids is 1. The lowest BCUT2D eigenvalue weighted by Gasteiger charge is -2.18. The van der Waals surface area contributed by atoms with Crippen LogP contribution in [0.3, 0.4) is 0 Å². The van der Waals surface area contributed by atoms with Crippen LogP contribution in [0.2, 0.25) is 0 Å². The van der Waals surface area contributed by atoms with Gasteiger partial charge in [0.1, 0.15) is 5.69 Å². The fraction of sp³-hybridized carbons (Fsp3) is 0.250. The lowest BCUT2D eigenvalue weighted by atomic mass is 10.1. The molecule has 4 aromatic rings. The van der Waals surface area contributed by atoms with E-state index in [0.717, 1.165) is 54.0 Å². The van der Waals surface area contributed by atoms with Gasteiger partial charge in [-0.05, 0) is 74.0 Å². The summed E-state index contributed by atoms with van der Waals surface area (Å²) < 4.78 is 10.7. The van der Waals surface area contributed by atoms with Crippen molar-refractivity contribution in [1.29, 1.82) is 0 Å². The summed E-state index contributed by atoms with van der Waals surface area (Å²) in [5.41, 5.74) is 4.75. The molecule has 0 fully saturated rings. The van der Waals surface area contributed by atoms with Crippen molar-refractivity contribution >= 4 is 22.5 Å². The second kappa shape index (κ2) is 10.9. The highest BCUT2D eigenvalue weighted by molar-refractivity contribution is 6.05. The van der Waals surface area contributed by atoms with Gasteiger partial charge in [0.2, 0.25) is 0 Å². The van der Waals surface area contributed by atoms with E-state index in [1.807, 2.05) is 54.6 Å². The fourth-order valence-electron chi connectivity index (χ4n) is 4.07. The monoisotopic (exact) mass is 457 g/mol. The van der Waals surface area contributed by atoms with E-state index in [9.17, 15) is 4.79 Å². The molecule has 3 aromatic carbocycles. The standard InChI is InChI=1S/C28H31N3O3/c1-31(19-21-12-15-26(33-2)27(17-21)34-3)16-6-7-20-10-13-23(14-11-20)29-28(32)25-18-22-8-4-5-9-24(22)30-25/h4-5,8-15,17-18,30H,6-7,16,19H2,1-3H3,(H,29,32). The van der Waals surface area contributed by atoms with Crippen molar-refractivity contribution in [1.82, 2.24) is 9.88 Å². The highest BCUT2D eigenvalue weighted by Gasteiger charge is 2.10. The second-order valence-electron chi connectivity index (χ2n) is 8.45. The molecule has 0 aliphatic heterocycles. The molecule has 0 spiro atoms. The normalized spacial score (nSPS) is 11.1. The maximum atomic E-state index is 12.6. The molecular formula is C28H31N3O3. The molecule has 0 saturated carbocycles. The van der Waals surface area contributed by atoms with Gasteiger partial charge in [0.05, 0.1) is 14.2 Å². The highest BCUT2D eigenvalue weighted by atomic mass is 16.5. The lowest BCUT2D eigenvalue weighted by molar-refractivity contribution is 0.102. The third-order valence-electron chi connectivity index (χ3n) is 5.89. The number of carbonyl (C=O) groups is 1. The van der Waals surface area contributed by atoms with E-state index in [2.05, 4.69) is 40.4 Å². The number of aryl methyl sites for hydroxylation is 1. The maximum Gasteiger partial charge on any atom is 0.272 e. The molecule has 0 aliphatic rings. The number of nitrogens with zero attached hydrogens (tertiary/aromatic N) is 1. The molecule has 6 nitrogen and oxygen atoms in total. The molecule has 34 heavy (non-hydrogen) atoms. The molecule has 0 radical (unpaired) electrons. The van der Waals surface area contributed by atoms with Gasteiger partial charge in [-0.25, -0.2) is 0 Å². The van der Waals surface area contributed by atoms with Crippen LogP contribution in [-0.4, -0.2) is 43.6 Å². The van der Waals surface area contributed by atoms with Crippen LogP contribution in [0, 0.1) is 0 Å². The average molecular weight is 458 g/mol. The van der Waals surface area contributed by atoms with Crippen LogP contribution in [0.25, 0.3) is 10.9 Å². The zero-order chi connectivity index (χ0) is 23.9. The number of methoxy groups -OCH3 is 2. The lowest BCUT2D eigenvalue weighted by Crippen LogP contribution is -2.19. The van der Waals surface area contributed by atoms with Crippen molar-refractivity contribution in [3.63, 3.8) is 0 Å². The van der Waals surface area contributed by atoms with Gasteiger partial charge in [-0.1, -0.05) is 36.4 Å². The Kier molecular flexibility index (Phi) is 7.50. The summed E-state index contributed by atoms with van der Waals surface area (Å²) in [6.07, 6.45) is 2.02. The summed E-state index contributed by atoms with van der Waals surface area (Å²) in [7, 11) is 5.43. The van der Waals surface area contributed by atoms with Gasteiger partial charge in [-0.2, -0.15) is 0 Å². The summed E-state index contributed by atoms with van der Waals surface area (Å²) >= 11 is 0. The number of nitrogens with one attached hydrogen (secondary N) is 2. The van der Waals surface area contributed by atoms with E-state index in [-0.39, 0.29) is 5.91 Å². The van der Waals surface area contributed by atoms with Gasteiger partial charge in [0.25, 0.3) is 5.91 Å². The number of anilines is 1. The SMILES string of the molecule is COc1ccc(CN(C)CCCc2ccc(NC(=O)c3cc4ccccc4[nH]3)cc2)cc1OC. The Hall–Kier alpha value is -3.77. The first-order valence-electron chi connectivity index (χ1n) is 11.4. The number of hydrogen-bond donors (Lipinski definition) is 2. The number of hydrogen-bond acceptors (Lipinski definition) is 4. The molecule has 0 aliphatic carbocycles. The number of aromatic nitrogens is 1. The van der Waals surface area contributed by atoms with Crippen molar-refractivity contribution in [2.45, 2.75) is 19.4 Å². The van der Waals surface area contributed by atoms with Gasteiger partial charge in [-0.15, -0.1) is 0 Å². The Bertz CT molecular complexity index is 1210. The van der Waals surface area contributed by atoms with Gasteiger partial charge in [0, 0.05) is 23.1 Å². The van der Waals surface area contributed by atoms with Gasteiger partial charge >= 0.3 is 0 Å². The second-order valence-corrected chi connectivity index (χ2v) is 8.45. The fourth-order valence-corrected chi connectivity index (χ4v) is 4.07. The highest BCUT2D eigenvalue weighted by Crippen LogP contribution is 2.28. The van der Waals surface area contributed by atoms with Crippen molar-refractivity contribution < 1.29 is 14.3 Å². The third kappa shape index (κ3) is 5.77. The molecule has 1 heterocycles. The number of amides is 1. The number of benzene rings is 3. The van der Waals surface area contributed by atoms with Crippen molar-refractivity contribution in [2.24, 2.45) is 0 Å². The van der Waals surface area contributed by atoms with Gasteiger partial charge < -0.3 is 24.7 Å². The predicted octanol–water partition coefficient (Wildman–Crippen LogP) is 5.50. The van der Waals surface area contributed by atoms with Crippen molar-refractivity contribution in [3.8, 4) is 11.5 Å². The molecule has 0 bridgehead atoms. The molecule has 176 valence electrons. The molecule has 0 unspecified atom stereocenters. The van der Waals surface area contributed by atoms with Gasteiger partial charge in [0.15, 0.2) is 11.5 Å². The molecule has 1 amide bonds. The minimum Gasteiger partial charge on any atom is -0.493 e. The molecule has 0 atom stereocenters. The maximum absolute atomic E-state index is 12.6. The number of rotatable bonds is 10. The average Bonchev–Trinajstić information content (AvgIpc) is 3.29. The summed E-state index contributed by atoms with van der Waals surface area (Å²) in [5.74, 6) is 1.36. The molecular weight excluding hydrogens is 426 g/mol. The summed E-state index contributed by atoms with van der Waals surface area (Å²) in [6.45, 7) is 1.83. The minimum absolute atomic E-state index is 0.138. The largest absolute Gasteiger partial charge is 0.493 e. The topological polar surface area (TPSA) is 66.6 Å². The summed E-state index contributed by atoms with van der Waals surface area (Å²) in [4.78, 5) is 18.0. The van der Waals surface area contributed by atoms with Crippen molar-refractivity contribution in [3.05, 3.63) is 89.6 Å². The van der Waals surface area contributed by atoms with Crippen LogP contribution in [-0.2, 0) is 13.0 Å². The zero-order valence-electron chi connectivity index (χ0n) is 19.9. The predicted molar refractivity (Wildman–Crippen MR) is 137 cm³/mol. The third-order valence-corrected chi connectivity index (χ3v) is 5.89. The Morgan fingerprint density at radius 1 is 0.912 bits per heavy atom. The number of fused-ring (bicyclic) bond motifs is 1. The minimum atomic E-state index is -0.138. The Balaban J connectivity index is 1.24. The summed E-state index contributed by atoms with van der Waals surface area (Å²) in [6, 6.07) is 23.9. The van der Waals surface area contributed by atoms with E-state index < -0.39 is 0 Å². The van der Waals surface area contributed by atoms with Crippen LogP contribution in [0.4, 0.5) is 5.69 Å². The van der Waals surface area contributed by atoms with E-state index in [4.69, 9.17) is 9.47 Å². The first kappa shape index (κ1) is 23.4. The quantitative estimate of drug-likeness (QED) is 0.330. The Morgan fingerprint density at radius 3 is 2.38 bits per heavy atom. The molecule has 2 N–H and O–H groups in total. The van der Waals surface area contributed by atoms with Crippen LogP contribution >= 0.6 is 0 Å². The van der Waals surface area contributed by atoms with Crippen molar-refractivity contribution in [2.75, 3.05) is 33.1 Å². The number of ether oxygens (including phenoxy) is 2. The Morgan fingerprint density at radius 2 is 1.65 bits per heavy atom. The van der Waals surface area contributed by atoms with Crippen LogP contribution in [0.15, 0.2) is 72.8 Å². The van der Waals surface area contributed by atoms with E-state index in [1.54, 1.807) is 14.2 Å². The molecule has 6 heteroatoms. The number of para-hydroxylation sites is 1. The number of H-pyrrole nitrogens is 1. The van der Waals surface area contributed by atoms with Gasteiger partial charge in [-0.3, -0.25) is 4.79 Å². The molecule has 4 rings (SSSR count).